The Kier molecular flexibility index (Phi) is 4.85. The summed E-state index contributed by atoms with van der Waals surface area (Å²) in [5, 5.41) is 7.23. The molecular formula is C24H25N5O. The standard InChI is InChI=1S/C24H25N5O/c25-24(30)16-29-11-7-18-5-4-17(12-23(18)29)14-28-10-8-20(15-28)27-22-3-1-2-19-13-26-9-6-21(19)22/h1-7,9,11-13,20,27H,8,10,14-16H2,(H2,25,30). The van der Waals surface area contributed by atoms with Gasteiger partial charge < -0.3 is 15.6 Å². The first-order chi connectivity index (χ1) is 14.7. The van der Waals surface area contributed by atoms with Gasteiger partial charge in [0.2, 0.25) is 5.91 Å². The van der Waals surface area contributed by atoms with Gasteiger partial charge in [-0.3, -0.25) is 14.7 Å². The topological polar surface area (TPSA) is 76.2 Å². The van der Waals surface area contributed by atoms with Crippen LogP contribution in [0.25, 0.3) is 21.7 Å². The average molecular weight is 399 g/mol. The molecule has 30 heavy (non-hydrogen) atoms. The maximum atomic E-state index is 11.3. The van der Waals surface area contributed by atoms with E-state index in [0.717, 1.165) is 42.3 Å². The van der Waals surface area contributed by atoms with Gasteiger partial charge in [-0.1, -0.05) is 24.3 Å². The number of fused-ring (bicyclic) bond motifs is 2. The molecule has 0 saturated carbocycles. The average Bonchev–Trinajstić information content (AvgIpc) is 3.35. The van der Waals surface area contributed by atoms with Crippen molar-refractivity contribution in [1.29, 1.82) is 0 Å². The van der Waals surface area contributed by atoms with Crippen LogP contribution in [0.15, 0.2) is 67.1 Å². The Bertz CT molecular complexity index is 1210. The molecule has 4 aromatic rings. The molecular weight excluding hydrogens is 374 g/mol. The van der Waals surface area contributed by atoms with E-state index in [0.29, 0.717) is 6.04 Å². The Labute approximate surface area is 175 Å². The molecule has 0 bridgehead atoms. The number of anilines is 1. The first-order valence-electron chi connectivity index (χ1n) is 10.3. The van der Waals surface area contributed by atoms with Gasteiger partial charge in [-0.05, 0) is 41.6 Å². The number of hydrogen-bond acceptors (Lipinski definition) is 4. The third-order valence-corrected chi connectivity index (χ3v) is 5.88. The lowest BCUT2D eigenvalue weighted by Crippen LogP contribution is -2.26. The van der Waals surface area contributed by atoms with Crippen LogP contribution in [0.3, 0.4) is 0 Å². The van der Waals surface area contributed by atoms with E-state index in [1.165, 1.54) is 16.6 Å². The predicted octanol–water partition coefficient (Wildman–Crippen LogP) is 3.36. The lowest BCUT2D eigenvalue weighted by atomic mass is 10.1. The van der Waals surface area contributed by atoms with Crippen LogP contribution in [0.5, 0.6) is 0 Å². The number of pyridine rings is 1. The number of aromatic nitrogens is 2. The van der Waals surface area contributed by atoms with Gasteiger partial charge in [0.05, 0.1) is 0 Å². The molecule has 0 aliphatic carbocycles. The summed E-state index contributed by atoms with van der Waals surface area (Å²) in [5.74, 6) is -0.324. The third-order valence-electron chi connectivity index (χ3n) is 5.88. The molecule has 1 saturated heterocycles. The van der Waals surface area contributed by atoms with Crippen molar-refractivity contribution in [2.75, 3.05) is 18.4 Å². The van der Waals surface area contributed by atoms with Crippen molar-refractivity contribution in [2.45, 2.75) is 25.6 Å². The van der Waals surface area contributed by atoms with Crippen molar-refractivity contribution in [3.63, 3.8) is 0 Å². The summed E-state index contributed by atoms with van der Waals surface area (Å²) in [6.07, 6.45) is 6.79. The van der Waals surface area contributed by atoms with E-state index < -0.39 is 0 Å². The van der Waals surface area contributed by atoms with Crippen molar-refractivity contribution in [2.24, 2.45) is 5.73 Å². The van der Waals surface area contributed by atoms with E-state index in [-0.39, 0.29) is 12.5 Å². The number of primary amides is 1. The first-order valence-corrected chi connectivity index (χ1v) is 10.3. The Balaban J connectivity index is 1.28. The summed E-state index contributed by atoms with van der Waals surface area (Å²) in [6, 6.07) is 17.3. The molecule has 152 valence electrons. The minimum atomic E-state index is -0.324. The zero-order valence-corrected chi connectivity index (χ0v) is 16.8. The molecule has 1 atom stereocenters. The SMILES string of the molecule is NC(=O)Cn1ccc2ccc(CN3CCC(Nc4cccc5cnccc45)C3)cc21. The number of carbonyl (C=O) groups excluding carboxylic acids is 1. The van der Waals surface area contributed by atoms with Crippen LogP contribution in [0, 0.1) is 0 Å². The van der Waals surface area contributed by atoms with E-state index in [2.05, 4.69) is 57.7 Å². The quantitative estimate of drug-likeness (QED) is 0.521. The number of nitrogens with two attached hydrogens (primary N) is 1. The second kappa shape index (κ2) is 7.80. The first kappa shape index (κ1) is 18.6. The normalized spacial score (nSPS) is 17.0. The molecule has 1 amide bonds. The van der Waals surface area contributed by atoms with Crippen molar-refractivity contribution in [3.8, 4) is 0 Å². The molecule has 1 unspecified atom stereocenters. The number of nitrogens with one attached hydrogen (secondary N) is 1. The second-order valence-corrected chi connectivity index (χ2v) is 8.07. The minimum absolute atomic E-state index is 0.212. The molecule has 0 spiro atoms. The number of hydrogen-bond donors (Lipinski definition) is 2. The van der Waals surface area contributed by atoms with Crippen molar-refractivity contribution in [1.82, 2.24) is 14.5 Å². The number of benzene rings is 2. The van der Waals surface area contributed by atoms with Crippen LogP contribution in [0.1, 0.15) is 12.0 Å². The van der Waals surface area contributed by atoms with E-state index >= 15 is 0 Å². The molecule has 6 nitrogen and oxygen atoms in total. The Hall–Kier alpha value is -3.38. The monoisotopic (exact) mass is 399 g/mol. The fourth-order valence-electron chi connectivity index (χ4n) is 4.45. The van der Waals surface area contributed by atoms with Crippen LogP contribution in [0.2, 0.25) is 0 Å². The summed E-state index contributed by atoms with van der Waals surface area (Å²) >= 11 is 0. The van der Waals surface area contributed by atoms with Gasteiger partial charge in [-0.15, -0.1) is 0 Å². The van der Waals surface area contributed by atoms with Crippen LogP contribution < -0.4 is 11.1 Å². The Morgan fingerprint density at radius 3 is 3.00 bits per heavy atom. The van der Waals surface area contributed by atoms with Crippen LogP contribution >= 0.6 is 0 Å². The highest BCUT2D eigenvalue weighted by Gasteiger charge is 2.23. The molecule has 2 aromatic heterocycles. The number of nitrogens with zero attached hydrogens (tertiary/aromatic N) is 3. The van der Waals surface area contributed by atoms with Gasteiger partial charge in [-0.2, -0.15) is 0 Å². The molecule has 1 fully saturated rings. The van der Waals surface area contributed by atoms with Crippen LogP contribution in [-0.2, 0) is 17.9 Å². The zero-order valence-electron chi connectivity index (χ0n) is 16.8. The third kappa shape index (κ3) is 3.74. The van der Waals surface area contributed by atoms with E-state index in [1.54, 1.807) is 0 Å². The fourth-order valence-corrected chi connectivity index (χ4v) is 4.45. The predicted molar refractivity (Wildman–Crippen MR) is 120 cm³/mol. The summed E-state index contributed by atoms with van der Waals surface area (Å²) in [4.78, 5) is 18.0. The minimum Gasteiger partial charge on any atom is -0.380 e. The molecule has 3 heterocycles. The van der Waals surface area contributed by atoms with Gasteiger partial charge >= 0.3 is 0 Å². The van der Waals surface area contributed by atoms with Crippen molar-refractivity contribution >= 4 is 33.3 Å². The van der Waals surface area contributed by atoms with Gasteiger partial charge in [0.1, 0.15) is 6.54 Å². The van der Waals surface area contributed by atoms with Gasteiger partial charge in [0.15, 0.2) is 0 Å². The van der Waals surface area contributed by atoms with E-state index in [4.69, 9.17) is 5.73 Å². The largest absolute Gasteiger partial charge is 0.380 e. The number of carbonyl (C=O) groups is 1. The van der Waals surface area contributed by atoms with E-state index in [9.17, 15) is 4.79 Å². The Morgan fingerprint density at radius 2 is 2.10 bits per heavy atom. The Morgan fingerprint density at radius 1 is 1.17 bits per heavy atom. The van der Waals surface area contributed by atoms with Crippen LogP contribution in [-0.4, -0.2) is 39.5 Å². The number of likely N-dealkylation sites (tertiary alicyclic amines) is 1. The van der Waals surface area contributed by atoms with Gasteiger partial charge in [0.25, 0.3) is 0 Å². The molecule has 1 aliphatic rings. The highest BCUT2D eigenvalue weighted by atomic mass is 16.1. The number of rotatable bonds is 6. The maximum absolute atomic E-state index is 11.3. The molecule has 0 radical (unpaired) electrons. The molecule has 2 aromatic carbocycles. The highest BCUT2D eigenvalue weighted by molar-refractivity contribution is 5.93. The second-order valence-electron chi connectivity index (χ2n) is 8.07. The van der Waals surface area contributed by atoms with Crippen molar-refractivity contribution in [3.05, 3.63) is 72.7 Å². The molecule has 3 N–H and O–H groups in total. The molecule has 1 aliphatic heterocycles. The fraction of sp³-hybridized carbons (Fsp3) is 0.250. The van der Waals surface area contributed by atoms with Crippen LogP contribution in [0.4, 0.5) is 5.69 Å². The smallest absolute Gasteiger partial charge is 0.237 e. The molecule has 5 rings (SSSR count). The summed E-state index contributed by atoms with van der Waals surface area (Å²) < 4.78 is 1.92. The van der Waals surface area contributed by atoms with E-state index in [1.807, 2.05) is 29.2 Å². The lowest BCUT2D eigenvalue weighted by Gasteiger charge is -2.18. The zero-order chi connectivity index (χ0) is 20.5. The lowest BCUT2D eigenvalue weighted by molar-refractivity contribution is -0.118. The van der Waals surface area contributed by atoms with Gasteiger partial charge in [-0.25, -0.2) is 0 Å². The highest BCUT2D eigenvalue weighted by Crippen LogP contribution is 2.26. The summed E-state index contributed by atoms with van der Waals surface area (Å²) in [7, 11) is 0. The van der Waals surface area contributed by atoms with Crippen molar-refractivity contribution < 1.29 is 4.79 Å². The number of amides is 1. The summed E-state index contributed by atoms with van der Waals surface area (Å²) in [5.41, 5.74) is 8.87. The maximum Gasteiger partial charge on any atom is 0.237 e. The van der Waals surface area contributed by atoms with Gasteiger partial charge in [0, 0.05) is 66.2 Å². The molecule has 6 heteroatoms. The summed E-state index contributed by atoms with van der Waals surface area (Å²) in [6.45, 7) is 3.17.